The topological polar surface area (TPSA) is 80.0 Å². The fourth-order valence-electron chi connectivity index (χ4n) is 4.06. The first-order valence-electron chi connectivity index (χ1n) is 9.67. The summed E-state index contributed by atoms with van der Waals surface area (Å²) in [6, 6.07) is 10.1. The summed E-state index contributed by atoms with van der Waals surface area (Å²) in [5, 5.41) is 4.00. The molecule has 2 aromatic carbocycles. The highest BCUT2D eigenvalue weighted by atomic mass is 35.5. The first-order chi connectivity index (χ1) is 14.0. The number of nitrogens with two attached hydrogens (primary N) is 1. The van der Waals surface area contributed by atoms with E-state index in [1.54, 1.807) is 46.0 Å². The lowest BCUT2D eigenvalue weighted by atomic mass is 9.67. The molecule has 2 aliphatic heterocycles. The molecule has 0 saturated carbocycles. The van der Waals surface area contributed by atoms with Crippen molar-refractivity contribution in [1.29, 1.82) is 0 Å². The lowest BCUT2D eigenvalue weighted by Crippen LogP contribution is -2.58. The van der Waals surface area contributed by atoms with Crippen LogP contribution in [0.15, 0.2) is 41.4 Å². The summed E-state index contributed by atoms with van der Waals surface area (Å²) in [5.41, 5.74) is 5.79. The van der Waals surface area contributed by atoms with E-state index in [1.165, 1.54) is 11.0 Å². The van der Waals surface area contributed by atoms with Gasteiger partial charge < -0.3 is 15.8 Å². The minimum atomic E-state index is -1.17. The smallest absolute Gasteiger partial charge is 0.237 e. The number of aliphatic imine (C=N–C) groups is 1. The van der Waals surface area contributed by atoms with Crippen LogP contribution in [-0.4, -0.2) is 30.4 Å². The SMILES string of the molecule is CN1C(=O)C(C)(C)C(C)(c2cc(NC3COc4cc(Cl)ccc43)ccc2F)N=C1N. The third-order valence-electron chi connectivity index (χ3n) is 6.33. The maximum absolute atomic E-state index is 15.0. The Morgan fingerprint density at radius 2 is 2.00 bits per heavy atom. The maximum Gasteiger partial charge on any atom is 0.237 e. The predicted molar refractivity (Wildman–Crippen MR) is 115 cm³/mol. The van der Waals surface area contributed by atoms with Crippen LogP contribution in [0.4, 0.5) is 10.1 Å². The van der Waals surface area contributed by atoms with Gasteiger partial charge in [-0.2, -0.15) is 0 Å². The van der Waals surface area contributed by atoms with Gasteiger partial charge in [0.25, 0.3) is 0 Å². The zero-order valence-corrected chi connectivity index (χ0v) is 18.0. The second kappa shape index (κ2) is 6.87. The van der Waals surface area contributed by atoms with Crippen molar-refractivity contribution in [2.75, 3.05) is 19.0 Å². The lowest BCUT2D eigenvalue weighted by molar-refractivity contribution is -0.140. The number of rotatable bonds is 3. The van der Waals surface area contributed by atoms with Crippen LogP contribution in [0.2, 0.25) is 5.02 Å². The van der Waals surface area contributed by atoms with Gasteiger partial charge in [-0.1, -0.05) is 17.7 Å². The highest BCUT2D eigenvalue weighted by Crippen LogP contribution is 2.48. The molecule has 0 saturated heterocycles. The van der Waals surface area contributed by atoms with Crippen molar-refractivity contribution in [3.63, 3.8) is 0 Å². The van der Waals surface area contributed by atoms with Crippen molar-refractivity contribution in [1.82, 2.24) is 4.90 Å². The summed E-state index contributed by atoms with van der Waals surface area (Å²) < 4.78 is 20.7. The summed E-state index contributed by atoms with van der Waals surface area (Å²) in [6.45, 7) is 5.68. The van der Waals surface area contributed by atoms with E-state index in [2.05, 4.69) is 10.3 Å². The molecule has 2 heterocycles. The summed E-state index contributed by atoms with van der Waals surface area (Å²) in [7, 11) is 1.57. The number of benzene rings is 2. The Morgan fingerprint density at radius 1 is 1.27 bits per heavy atom. The fraction of sp³-hybridized carbons (Fsp3) is 0.364. The minimum absolute atomic E-state index is 0.0644. The van der Waals surface area contributed by atoms with Crippen molar-refractivity contribution >= 4 is 29.2 Å². The third-order valence-corrected chi connectivity index (χ3v) is 6.56. The maximum atomic E-state index is 15.0. The van der Waals surface area contributed by atoms with Gasteiger partial charge in [0.1, 0.15) is 23.7 Å². The van der Waals surface area contributed by atoms with Crippen molar-refractivity contribution in [3.8, 4) is 5.75 Å². The van der Waals surface area contributed by atoms with E-state index in [9.17, 15) is 9.18 Å². The Hall–Kier alpha value is -2.80. The van der Waals surface area contributed by atoms with Gasteiger partial charge in [0.05, 0.1) is 11.5 Å². The van der Waals surface area contributed by atoms with Gasteiger partial charge in [0, 0.05) is 28.9 Å². The van der Waals surface area contributed by atoms with Crippen LogP contribution >= 0.6 is 11.6 Å². The Labute approximate surface area is 179 Å². The van der Waals surface area contributed by atoms with Crippen LogP contribution in [0.1, 0.15) is 37.9 Å². The molecular formula is C22H24ClFN4O2. The number of nitrogens with zero attached hydrogens (tertiary/aromatic N) is 2. The van der Waals surface area contributed by atoms with Crippen LogP contribution in [0.5, 0.6) is 5.75 Å². The zero-order chi connectivity index (χ0) is 21.8. The number of fused-ring (bicyclic) bond motifs is 1. The molecule has 4 rings (SSSR count). The van der Waals surface area contributed by atoms with Gasteiger partial charge in [-0.25, -0.2) is 9.38 Å². The molecule has 2 aromatic rings. The van der Waals surface area contributed by atoms with Gasteiger partial charge in [-0.3, -0.25) is 9.69 Å². The number of ether oxygens (including phenoxy) is 1. The molecule has 2 aliphatic rings. The van der Waals surface area contributed by atoms with E-state index in [-0.39, 0.29) is 17.9 Å². The highest BCUT2D eigenvalue weighted by Gasteiger charge is 2.53. The number of hydrogen-bond acceptors (Lipinski definition) is 5. The normalized spacial score (nSPS) is 24.9. The lowest BCUT2D eigenvalue weighted by Gasteiger charge is -2.46. The zero-order valence-electron chi connectivity index (χ0n) is 17.3. The fourth-order valence-corrected chi connectivity index (χ4v) is 4.23. The third kappa shape index (κ3) is 2.99. The summed E-state index contributed by atoms with van der Waals surface area (Å²) in [5.74, 6) is 0.133. The van der Waals surface area contributed by atoms with Gasteiger partial charge in [-0.05, 0) is 51.1 Å². The second-order valence-electron chi connectivity index (χ2n) is 8.42. The highest BCUT2D eigenvalue weighted by molar-refractivity contribution is 6.30. The molecule has 30 heavy (non-hydrogen) atoms. The molecule has 0 spiro atoms. The quantitative estimate of drug-likeness (QED) is 0.769. The molecule has 3 N–H and O–H groups in total. The molecule has 1 amide bonds. The van der Waals surface area contributed by atoms with Crippen LogP contribution in [-0.2, 0) is 10.3 Å². The largest absolute Gasteiger partial charge is 0.491 e. The van der Waals surface area contributed by atoms with E-state index in [0.717, 1.165) is 11.3 Å². The Bertz CT molecular complexity index is 1070. The van der Waals surface area contributed by atoms with Gasteiger partial charge >= 0.3 is 0 Å². The standard InChI is InChI=1S/C22H24ClFN4O2/c1-21(2)19(29)28(4)20(25)27-22(21,3)15-10-13(6-8-16(15)24)26-17-11-30-18-9-12(23)5-7-14(17)18/h5-10,17,26H,11H2,1-4H3,(H2,25,27). The second-order valence-corrected chi connectivity index (χ2v) is 8.85. The molecule has 8 heteroatoms. The number of carbonyl (C=O) groups excluding carboxylic acids is 1. The summed E-state index contributed by atoms with van der Waals surface area (Å²) >= 11 is 6.04. The molecule has 0 bridgehead atoms. The number of anilines is 1. The van der Waals surface area contributed by atoms with Crippen molar-refractivity contribution < 1.29 is 13.9 Å². The number of hydrogen-bond donors (Lipinski definition) is 2. The molecule has 2 unspecified atom stereocenters. The Morgan fingerprint density at radius 3 is 2.73 bits per heavy atom. The number of halogens is 2. The van der Waals surface area contributed by atoms with Crippen LogP contribution < -0.4 is 15.8 Å². The minimum Gasteiger partial charge on any atom is -0.491 e. The molecule has 158 valence electrons. The number of nitrogens with one attached hydrogen (secondary N) is 1. The van der Waals surface area contributed by atoms with Crippen LogP contribution in [0.3, 0.4) is 0 Å². The van der Waals surface area contributed by atoms with E-state index in [1.807, 2.05) is 12.1 Å². The van der Waals surface area contributed by atoms with Crippen LogP contribution in [0.25, 0.3) is 0 Å². The molecular weight excluding hydrogens is 407 g/mol. The average molecular weight is 431 g/mol. The molecule has 0 fully saturated rings. The van der Waals surface area contributed by atoms with Gasteiger partial charge in [0.15, 0.2) is 5.96 Å². The van der Waals surface area contributed by atoms with Crippen LogP contribution in [0, 0.1) is 11.2 Å². The molecule has 0 radical (unpaired) electrons. The number of amides is 1. The molecule has 0 aliphatic carbocycles. The molecule has 2 atom stereocenters. The van der Waals surface area contributed by atoms with Gasteiger partial charge in [-0.15, -0.1) is 0 Å². The summed E-state index contributed by atoms with van der Waals surface area (Å²) in [6.07, 6.45) is 0. The predicted octanol–water partition coefficient (Wildman–Crippen LogP) is 4.05. The molecule has 0 aromatic heterocycles. The van der Waals surface area contributed by atoms with Gasteiger partial charge in [0.2, 0.25) is 5.91 Å². The monoisotopic (exact) mass is 430 g/mol. The summed E-state index contributed by atoms with van der Waals surface area (Å²) in [4.78, 5) is 18.7. The Kier molecular flexibility index (Phi) is 4.69. The van der Waals surface area contributed by atoms with Crippen molar-refractivity contribution in [3.05, 3.63) is 58.4 Å². The Balaban J connectivity index is 1.72. The van der Waals surface area contributed by atoms with E-state index in [4.69, 9.17) is 22.1 Å². The average Bonchev–Trinajstić information content (AvgIpc) is 3.08. The van der Waals surface area contributed by atoms with E-state index in [0.29, 0.717) is 22.9 Å². The van der Waals surface area contributed by atoms with E-state index >= 15 is 0 Å². The molecule has 6 nitrogen and oxygen atoms in total. The number of carbonyl (C=O) groups is 1. The van der Waals surface area contributed by atoms with E-state index < -0.39 is 16.8 Å². The van der Waals surface area contributed by atoms with Crippen molar-refractivity contribution in [2.24, 2.45) is 16.1 Å². The van der Waals surface area contributed by atoms with Crippen molar-refractivity contribution in [2.45, 2.75) is 32.4 Å². The first-order valence-corrected chi connectivity index (χ1v) is 10.0. The number of guanidine groups is 1. The first kappa shape index (κ1) is 20.5.